The number of nitrogens with zero attached hydrogens (tertiary/aromatic N) is 4. The van der Waals surface area contributed by atoms with Gasteiger partial charge in [0.1, 0.15) is 14.9 Å². The number of hydrogen-bond acceptors (Lipinski definition) is 3. The number of aromatic nitrogens is 4. The molecule has 2 aromatic heterocycles. The minimum absolute atomic E-state index is 0.250. The van der Waals surface area contributed by atoms with Crippen LogP contribution in [0.4, 0.5) is 0 Å². The maximum absolute atomic E-state index is 12.1. The zero-order valence-corrected chi connectivity index (χ0v) is 13.0. The van der Waals surface area contributed by atoms with Crippen LogP contribution in [0.25, 0.3) is 16.9 Å². The Hall–Kier alpha value is -1.47. The number of aryl methyl sites for hydroxylation is 1. The molecule has 19 heavy (non-hydrogen) atoms. The highest BCUT2D eigenvalue weighted by Crippen LogP contribution is 2.27. The van der Waals surface area contributed by atoms with E-state index in [1.165, 1.54) is 9.08 Å². The highest BCUT2D eigenvalue weighted by atomic mass is 79.9. The lowest BCUT2D eigenvalue weighted by Gasteiger charge is -2.05. The maximum Gasteiger partial charge on any atom is 0.351 e. The van der Waals surface area contributed by atoms with E-state index in [0.717, 1.165) is 5.56 Å². The smallest absolute Gasteiger partial charge is 0.246 e. The first-order chi connectivity index (χ1) is 9.09. The first-order valence-electron chi connectivity index (χ1n) is 5.46. The van der Waals surface area contributed by atoms with Crippen molar-refractivity contribution in [2.45, 2.75) is 0 Å². The minimum atomic E-state index is -0.250. The molecule has 0 aliphatic carbocycles. The lowest BCUT2D eigenvalue weighted by Crippen LogP contribution is -2.27. The molecule has 2 heterocycles. The third-order valence-electron chi connectivity index (χ3n) is 2.76. The monoisotopic (exact) mass is 382 g/mol. The molecule has 0 spiro atoms. The van der Waals surface area contributed by atoms with E-state index in [9.17, 15) is 4.79 Å². The van der Waals surface area contributed by atoms with Crippen molar-refractivity contribution >= 4 is 37.5 Å². The molecule has 3 rings (SSSR count). The third kappa shape index (κ3) is 1.93. The molecule has 0 amide bonds. The summed E-state index contributed by atoms with van der Waals surface area (Å²) in [5.74, 6) is 0. The molecule has 96 valence electrons. The van der Waals surface area contributed by atoms with Gasteiger partial charge in [-0.3, -0.25) is 0 Å². The summed E-state index contributed by atoms with van der Waals surface area (Å²) in [7, 11) is 1.62. The molecule has 0 saturated heterocycles. The fourth-order valence-corrected chi connectivity index (χ4v) is 2.63. The van der Waals surface area contributed by atoms with Gasteiger partial charge < -0.3 is 0 Å². The molecule has 0 saturated carbocycles. The Kier molecular flexibility index (Phi) is 3.02. The predicted molar refractivity (Wildman–Crippen MR) is 79.1 cm³/mol. The molecule has 0 unspecified atom stereocenters. The van der Waals surface area contributed by atoms with Gasteiger partial charge in [0.2, 0.25) is 0 Å². The molecule has 5 nitrogen and oxygen atoms in total. The van der Waals surface area contributed by atoms with Crippen LogP contribution in [0.1, 0.15) is 0 Å². The molecule has 3 aromatic rings. The third-order valence-corrected chi connectivity index (χ3v) is 4.57. The number of fused-ring (bicyclic) bond motifs is 1. The maximum atomic E-state index is 12.1. The van der Waals surface area contributed by atoms with Gasteiger partial charge in [-0.15, -0.1) is 0 Å². The quantitative estimate of drug-likeness (QED) is 0.649. The topological polar surface area (TPSA) is 52.2 Å². The second-order valence-corrected chi connectivity index (χ2v) is 5.48. The summed E-state index contributed by atoms with van der Waals surface area (Å²) in [4.78, 5) is 16.5. The zero-order valence-electron chi connectivity index (χ0n) is 9.84. The van der Waals surface area contributed by atoms with Crippen LogP contribution in [0.3, 0.4) is 0 Å². The van der Waals surface area contributed by atoms with Gasteiger partial charge in [0.05, 0.1) is 0 Å². The molecule has 0 radical (unpaired) electrons. The van der Waals surface area contributed by atoms with Crippen molar-refractivity contribution in [3.63, 3.8) is 0 Å². The fourth-order valence-electron chi connectivity index (χ4n) is 1.87. The molecular formula is C12H8Br2N4O. The predicted octanol–water partition coefficient (Wildman–Crippen LogP) is 2.62. The van der Waals surface area contributed by atoms with E-state index in [-0.39, 0.29) is 5.69 Å². The Morgan fingerprint density at radius 1 is 1.16 bits per heavy atom. The van der Waals surface area contributed by atoms with Crippen LogP contribution in [0, 0.1) is 0 Å². The van der Waals surface area contributed by atoms with Gasteiger partial charge in [0, 0.05) is 12.6 Å². The summed E-state index contributed by atoms with van der Waals surface area (Å²) < 4.78 is 3.95. The number of hydrogen-bond donors (Lipinski definition) is 0. The van der Waals surface area contributed by atoms with E-state index in [2.05, 4.69) is 41.9 Å². The molecule has 0 N–H and O–H groups in total. The van der Waals surface area contributed by atoms with Gasteiger partial charge in [0.25, 0.3) is 0 Å². The van der Waals surface area contributed by atoms with Crippen molar-refractivity contribution in [3.05, 3.63) is 50.0 Å². The van der Waals surface area contributed by atoms with E-state index >= 15 is 0 Å². The molecule has 1 aromatic carbocycles. The van der Waals surface area contributed by atoms with Crippen molar-refractivity contribution < 1.29 is 0 Å². The summed E-state index contributed by atoms with van der Waals surface area (Å²) in [5.41, 5.74) is 1.84. The van der Waals surface area contributed by atoms with Crippen LogP contribution in [-0.4, -0.2) is 19.2 Å². The Labute approximate surface area is 125 Å². The fraction of sp³-hybridized carbons (Fsp3) is 0.0833. The number of imidazole rings is 1. The van der Waals surface area contributed by atoms with Gasteiger partial charge in [-0.1, -0.05) is 30.3 Å². The van der Waals surface area contributed by atoms with Gasteiger partial charge in [0.15, 0.2) is 5.65 Å². The molecule has 0 bridgehead atoms. The van der Waals surface area contributed by atoms with Crippen LogP contribution in [0.5, 0.6) is 0 Å². The largest absolute Gasteiger partial charge is 0.351 e. The summed E-state index contributed by atoms with van der Waals surface area (Å²) in [6, 6.07) is 9.64. The Morgan fingerprint density at radius 3 is 2.53 bits per heavy atom. The Morgan fingerprint density at radius 2 is 1.84 bits per heavy atom. The molecule has 0 aliphatic rings. The van der Waals surface area contributed by atoms with Gasteiger partial charge >= 0.3 is 5.69 Å². The second kappa shape index (κ2) is 4.57. The van der Waals surface area contributed by atoms with Crippen LogP contribution in [-0.2, 0) is 7.05 Å². The average molecular weight is 384 g/mol. The number of benzene rings is 1. The van der Waals surface area contributed by atoms with Crippen LogP contribution in [0.2, 0.25) is 0 Å². The molecule has 0 aliphatic heterocycles. The van der Waals surface area contributed by atoms with E-state index < -0.39 is 0 Å². The summed E-state index contributed by atoms with van der Waals surface area (Å²) in [5, 5.41) is 4.30. The van der Waals surface area contributed by atoms with Crippen LogP contribution in [0.15, 0.2) is 44.3 Å². The summed E-state index contributed by atoms with van der Waals surface area (Å²) in [6.45, 7) is 0. The van der Waals surface area contributed by atoms with E-state index in [1.54, 1.807) is 7.05 Å². The van der Waals surface area contributed by atoms with E-state index in [1.807, 2.05) is 30.3 Å². The second-order valence-electron chi connectivity index (χ2n) is 3.97. The number of rotatable bonds is 1. The van der Waals surface area contributed by atoms with Gasteiger partial charge in [-0.2, -0.15) is 5.10 Å². The summed E-state index contributed by atoms with van der Waals surface area (Å²) in [6.07, 6.45) is 0. The summed E-state index contributed by atoms with van der Waals surface area (Å²) >= 11 is 6.67. The van der Waals surface area contributed by atoms with Crippen LogP contribution < -0.4 is 5.69 Å². The average Bonchev–Trinajstić information content (AvgIpc) is 2.71. The molecular weight excluding hydrogens is 376 g/mol. The van der Waals surface area contributed by atoms with Crippen LogP contribution >= 0.6 is 31.9 Å². The molecule has 7 heteroatoms. The van der Waals surface area contributed by atoms with Crippen molar-refractivity contribution in [2.75, 3.05) is 0 Å². The van der Waals surface area contributed by atoms with Crippen molar-refractivity contribution in [3.8, 4) is 11.3 Å². The Bertz CT molecular complexity index is 823. The lowest BCUT2D eigenvalue weighted by atomic mass is 10.1. The van der Waals surface area contributed by atoms with Crippen molar-refractivity contribution in [1.29, 1.82) is 0 Å². The SMILES string of the molecule is Cn1nc(-c2ccccc2)c2nc(Br)c(Br)n2c1=O. The highest BCUT2D eigenvalue weighted by Gasteiger charge is 2.17. The first-order valence-corrected chi connectivity index (χ1v) is 7.04. The van der Waals surface area contributed by atoms with Crippen molar-refractivity contribution in [2.24, 2.45) is 7.05 Å². The van der Waals surface area contributed by atoms with E-state index in [4.69, 9.17) is 0 Å². The normalized spacial score (nSPS) is 11.1. The highest BCUT2D eigenvalue weighted by molar-refractivity contribution is 9.13. The lowest BCUT2D eigenvalue weighted by molar-refractivity contribution is 0.666. The standard InChI is InChI=1S/C12H8Br2N4O/c1-17-12(19)18-10(14)9(13)15-11(18)8(16-17)7-5-3-2-4-6-7/h2-6H,1H3. The minimum Gasteiger partial charge on any atom is -0.246 e. The zero-order chi connectivity index (χ0) is 13.6. The first kappa shape index (κ1) is 12.6. The van der Waals surface area contributed by atoms with Crippen molar-refractivity contribution in [1.82, 2.24) is 19.2 Å². The Balaban J connectivity index is 2.48. The van der Waals surface area contributed by atoms with Gasteiger partial charge in [-0.05, 0) is 31.9 Å². The molecule has 0 fully saturated rings. The molecule has 0 atom stereocenters. The van der Waals surface area contributed by atoms with E-state index in [0.29, 0.717) is 20.5 Å². The van der Waals surface area contributed by atoms with Gasteiger partial charge in [-0.25, -0.2) is 18.9 Å². The number of halogens is 2.